The maximum atomic E-state index is 13.2. The van der Waals surface area contributed by atoms with Crippen LogP contribution in [0.15, 0.2) is 9.64 Å². The Bertz CT molecular complexity index is 733. The van der Waals surface area contributed by atoms with Crippen LogP contribution in [0.4, 0.5) is 0 Å². The van der Waals surface area contributed by atoms with Gasteiger partial charge in [-0.3, -0.25) is 19.8 Å². The van der Waals surface area contributed by atoms with Crippen molar-refractivity contribution >= 4 is 23.6 Å². The molecule has 1 N–H and O–H groups in total. The number of rotatable bonds is 8. The topological polar surface area (TPSA) is 97.6 Å². The van der Waals surface area contributed by atoms with Crippen LogP contribution in [-0.2, 0) is 14.3 Å². The number of aromatic nitrogens is 2. The van der Waals surface area contributed by atoms with Crippen molar-refractivity contribution in [2.45, 2.75) is 82.2 Å². The molecule has 1 saturated heterocycles. The van der Waals surface area contributed by atoms with Crippen molar-refractivity contribution in [2.24, 2.45) is 11.8 Å². The Morgan fingerprint density at radius 2 is 1.84 bits per heavy atom. The zero-order valence-electron chi connectivity index (χ0n) is 19.1. The monoisotopic (exact) mass is 452 g/mol. The van der Waals surface area contributed by atoms with Crippen LogP contribution in [0.2, 0.25) is 0 Å². The maximum Gasteiger partial charge on any atom is 0.276 e. The van der Waals surface area contributed by atoms with Gasteiger partial charge in [-0.1, -0.05) is 52.3 Å². The van der Waals surface area contributed by atoms with Crippen LogP contribution in [0, 0.1) is 11.8 Å². The Morgan fingerprint density at radius 1 is 1.13 bits per heavy atom. The molecule has 3 rings (SSSR count). The average molecular weight is 453 g/mol. The number of thioether (sulfide) groups is 1. The summed E-state index contributed by atoms with van der Waals surface area (Å²) in [6.07, 6.45) is 4.48. The van der Waals surface area contributed by atoms with Gasteiger partial charge >= 0.3 is 0 Å². The number of nitrogens with zero attached hydrogens (tertiary/aromatic N) is 3. The molecule has 9 heteroatoms. The predicted octanol–water partition coefficient (Wildman–Crippen LogP) is 3.23. The van der Waals surface area contributed by atoms with E-state index in [1.807, 2.05) is 27.7 Å². The lowest BCUT2D eigenvalue weighted by Gasteiger charge is -2.40. The average Bonchev–Trinajstić information content (AvgIpc) is 3.19. The second kappa shape index (κ2) is 11.4. The van der Waals surface area contributed by atoms with Crippen molar-refractivity contribution in [1.29, 1.82) is 0 Å². The van der Waals surface area contributed by atoms with Crippen molar-refractivity contribution in [1.82, 2.24) is 20.4 Å². The van der Waals surface area contributed by atoms with E-state index in [-0.39, 0.29) is 35.6 Å². The highest BCUT2D eigenvalue weighted by atomic mass is 32.2. The first-order chi connectivity index (χ1) is 14.8. The van der Waals surface area contributed by atoms with Crippen LogP contribution < -0.4 is 5.32 Å². The van der Waals surface area contributed by atoms with Crippen molar-refractivity contribution in [3.05, 3.63) is 5.89 Å². The van der Waals surface area contributed by atoms with Gasteiger partial charge in [-0.2, -0.15) is 0 Å². The second-order valence-corrected chi connectivity index (χ2v) is 10.7. The zero-order valence-corrected chi connectivity index (χ0v) is 20.0. The molecule has 0 unspecified atom stereocenters. The summed E-state index contributed by atoms with van der Waals surface area (Å²) in [5, 5.41) is 11.7. The van der Waals surface area contributed by atoms with Crippen molar-refractivity contribution in [2.75, 3.05) is 26.3 Å². The minimum absolute atomic E-state index is 0.173. The normalized spacial score (nSPS) is 23.8. The molecule has 174 valence electrons. The van der Waals surface area contributed by atoms with Gasteiger partial charge in [0.1, 0.15) is 5.92 Å². The van der Waals surface area contributed by atoms with Crippen LogP contribution in [0.1, 0.15) is 71.6 Å². The van der Waals surface area contributed by atoms with Gasteiger partial charge in [-0.15, -0.1) is 10.2 Å². The molecular weight excluding hydrogens is 416 g/mol. The van der Waals surface area contributed by atoms with Gasteiger partial charge in [0.05, 0.1) is 19.1 Å². The molecule has 1 saturated carbocycles. The summed E-state index contributed by atoms with van der Waals surface area (Å²) in [7, 11) is 0. The highest BCUT2D eigenvalue weighted by Crippen LogP contribution is 2.31. The molecule has 8 nitrogen and oxygen atoms in total. The summed E-state index contributed by atoms with van der Waals surface area (Å²) in [5.74, 6) is -0.778. The van der Waals surface area contributed by atoms with Gasteiger partial charge in [0.25, 0.3) is 5.22 Å². The van der Waals surface area contributed by atoms with Crippen LogP contribution in [0.3, 0.4) is 0 Å². The Kier molecular flexibility index (Phi) is 8.92. The van der Waals surface area contributed by atoms with Crippen molar-refractivity contribution in [3.63, 3.8) is 0 Å². The molecule has 1 aliphatic carbocycles. The molecule has 0 bridgehead atoms. The smallest absolute Gasteiger partial charge is 0.276 e. The second-order valence-electron chi connectivity index (χ2n) is 9.22. The summed E-state index contributed by atoms with van der Waals surface area (Å²) >= 11 is 1.47. The molecule has 1 aromatic heterocycles. The molecule has 3 atom stereocenters. The van der Waals surface area contributed by atoms with Gasteiger partial charge in [-0.05, 0) is 25.2 Å². The lowest BCUT2D eigenvalue weighted by atomic mass is 9.82. The Hall–Kier alpha value is -1.45. The summed E-state index contributed by atoms with van der Waals surface area (Å²) in [4.78, 5) is 28.7. The minimum atomic E-state index is -0.622. The molecule has 1 aromatic rings. The Labute approximate surface area is 189 Å². The van der Waals surface area contributed by atoms with E-state index in [1.54, 1.807) is 0 Å². The third-order valence-corrected chi connectivity index (χ3v) is 6.75. The summed E-state index contributed by atoms with van der Waals surface area (Å²) in [6, 6.07) is 0.173. The number of nitrogens with one attached hydrogen (secondary N) is 1. The van der Waals surface area contributed by atoms with Gasteiger partial charge < -0.3 is 9.15 Å². The molecule has 0 radical (unpaired) electrons. The van der Waals surface area contributed by atoms with E-state index < -0.39 is 5.92 Å². The molecule has 31 heavy (non-hydrogen) atoms. The van der Waals surface area contributed by atoms with Crippen LogP contribution in [0.5, 0.6) is 0 Å². The number of morpholine rings is 1. The Morgan fingerprint density at radius 3 is 2.52 bits per heavy atom. The molecule has 2 aliphatic rings. The third kappa shape index (κ3) is 6.76. The van der Waals surface area contributed by atoms with Crippen molar-refractivity contribution in [3.8, 4) is 0 Å². The molecule has 2 amide bonds. The largest absolute Gasteiger partial charge is 0.415 e. The van der Waals surface area contributed by atoms with E-state index in [2.05, 4.69) is 20.4 Å². The highest BCUT2D eigenvalue weighted by Gasteiger charge is 2.37. The molecule has 2 fully saturated rings. The quantitative estimate of drug-likeness (QED) is 0.601. The lowest BCUT2D eigenvalue weighted by molar-refractivity contribution is -0.136. The summed E-state index contributed by atoms with van der Waals surface area (Å²) in [5.41, 5.74) is 0. The van der Waals surface area contributed by atoms with Gasteiger partial charge in [0.2, 0.25) is 17.7 Å². The number of carbonyl (C=O) groups is 2. The van der Waals surface area contributed by atoms with E-state index >= 15 is 0 Å². The number of hydrogen-bond acceptors (Lipinski definition) is 8. The van der Waals surface area contributed by atoms with E-state index in [4.69, 9.17) is 9.15 Å². The van der Waals surface area contributed by atoms with Gasteiger partial charge in [0.15, 0.2) is 0 Å². The molecule has 2 heterocycles. The van der Waals surface area contributed by atoms with E-state index in [9.17, 15) is 9.59 Å². The number of imide groups is 1. The molecular formula is C22H36N4O4S. The van der Waals surface area contributed by atoms with Crippen molar-refractivity contribution < 1.29 is 18.7 Å². The molecule has 1 aliphatic heterocycles. The highest BCUT2D eigenvalue weighted by molar-refractivity contribution is 7.99. The maximum absolute atomic E-state index is 13.2. The molecule has 0 spiro atoms. The van der Waals surface area contributed by atoms with E-state index in [0.29, 0.717) is 30.1 Å². The number of carbonyl (C=O) groups excluding carboxylic acids is 2. The zero-order chi connectivity index (χ0) is 22.4. The van der Waals surface area contributed by atoms with Crippen LogP contribution in [-0.4, -0.2) is 64.5 Å². The third-order valence-electron chi connectivity index (χ3n) is 5.91. The SMILES string of the molecule is CC(C)C[C@H](C(=O)NC(=O)[C@@H]1CCCC[C@@H]1N1CCOCC1)c1nnc(SC(C)C)o1. The number of ether oxygens (including phenoxy) is 1. The number of amides is 2. The summed E-state index contributed by atoms with van der Waals surface area (Å²) < 4.78 is 11.2. The van der Waals surface area contributed by atoms with E-state index in [0.717, 1.165) is 38.8 Å². The standard InChI is InChI=1S/C22H36N4O4S/c1-14(2)13-17(21-24-25-22(30-21)31-15(3)4)20(28)23-19(27)16-7-5-6-8-18(16)26-9-11-29-12-10-26/h14-18H,5-13H2,1-4H3,(H,23,27,28)/t16-,17-,18+/m1/s1. The predicted molar refractivity (Wildman–Crippen MR) is 119 cm³/mol. The fraction of sp³-hybridized carbons (Fsp3) is 0.818. The van der Waals surface area contributed by atoms with Crippen LogP contribution >= 0.6 is 11.8 Å². The minimum Gasteiger partial charge on any atom is -0.415 e. The fourth-order valence-corrected chi connectivity index (χ4v) is 5.09. The fourth-order valence-electron chi connectivity index (χ4n) is 4.47. The first kappa shape index (κ1) is 24.2. The first-order valence-corrected chi connectivity index (χ1v) is 12.4. The van der Waals surface area contributed by atoms with E-state index in [1.165, 1.54) is 11.8 Å². The molecule has 0 aromatic carbocycles. The lowest BCUT2D eigenvalue weighted by Crippen LogP contribution is -2.53. The first-order valence-electron chi connectivity index (χ1n) is 11.5. The number of hydrogen-bond donors (Lipinski definition) is 1. The van der Waals surface area contributed by atoms with Crippen LogP contribution in [0.25, 0.3) is 0 Å². The van der Waals surface area contributed by atoms with Gasteiger partial charge in [0, 0.05) is 24.4 Å². The summed E-state index contributed by atoms with van der Waals surface area (Å²) in [6.45, 7) is 11.3. The Balaban J connectivity index is 1.69. The van der Waals surface area contributed by atoms with Gasteiger partial charge in [-0.25, -0.2) is 0 Å².